The Hall–Kier alpha value is -3.03. The molecule has 1 N–H and O–H groups in total. The molecular formula is C20H15Cl2N3O4. The molecule has 2 aromatic carbocycles. The maximum absolute atomic E-state index is 10.8. The Labute approximate surface area is 175 Å². The SMILES string of the molecule is COc1ccc(-c2nc(-c3ccc4c(c3)c(Cl)cn4CCC(=O)O)no2)cc1Cl. The summed E-state index contributed by atoms with van der Waals surface area (Å²) in [6.45, 7) is 0.336. The Kier molecular flexibility index (Phi) is 5.17. The molecule has 0 aliphatic heterocycles. The fourth-order valence-corrected chi connectivity index (χ4v) is 3.58. The normalized spacial score (nSPS) is 11.1. The van der Waals surface area contributed by atoms with E-state index in [9.17, 15) is 4.79 Å². The third-order valence-corrected chi connectivity index (χ3v) is 5.08. The number of rotatable bonds is 6. The molecule has 29 heavy (non-hydrogen) atoms. The van der Waals surface area contributed by atoms with E-state index in [4.69, 9.17) is 37.6 Å². The van der Waals surface area contributed by atoms with Crippen molar-refractivity contribution in [3.63, 3.8) is 0 Å². The van der Waals surface area contributed by atoms with Gasteiger partial charge in [0.15, 0.2) is 0 Å². The molecule has 2 aromatic heterocycles. The average molecular weight is 432 g/mol. The number of hydrogen-bond acceptors (Lipinski definition) is 5. The van der Waals surface area contributed by atoms with Gasteiger partial charge in [0.05, 0.1) is 23.6 Å². The average Bonchev–Trinajstić information content (AvgIpc) is 3.31. The van der Waals surface area contributed by atoms with Crippen LogP contribution in [0.1, 0.15) is 6.42 Å². The highest BCUT2D eigenvalue weighted by Crippen LogP contribution is 2.32. The first-order valence-electron chi connectivity index (χ1n) is 8.64. The number of aliphatic carboxylic acids is 1. The van der Waals surface area contributed by atoms with Gasteiger partial charge in [-0.25, -0.2) is 0 Å². The second kappa shape index (κ2) is 7.77. The monoisotopic (exact) mass is 431 g/mol. The molecule has 0 saturated heterocycles. The third-order valence-electron chi connectivity index (χ3n) is 4.48. The lowest BCUT2D eigenvalue weighted by atomic mass is 10.1. The van der Waals surface area contributed by atoms with Crippen molar-refractivity contribution in [3.05, 3.63) is 52.6 Å². The zero-order valence-electron chi connectivity index (χ0n) is 15.2. The van der Waals surface area contributed by atoms with Crippen LogP contribution in [0.4, 0.5) is 0 Å². The van der Waals surface area contributed by atoms with Crippen LogP contribution >= 0.6 is 23.2 Å². The summed E-state index contributed by atoms with van der Waals surface area (Å²) < 4.78 is 12.3. The van der Waals surface area contributed by atoms with Crippen LogP contribution in [0.25, 0.3) is 33.7 Å². The van der Waals surface area contributed by atoms with Crippen LogP contribution in [0.2, 0.25) is 10.0 Å². The van der Waals surface area contributed by atoms with E-state index >= 15 is 0 Å². The minimum absolute atomic E-state index is 0.0144. The van der Waals surface area contributed by atoms with E-state index in [1.54, 1.807) is 31.5 Å². The van der Waals surface area contributed by atoms with Crippen molar-refractivity contribution < 1.29 is 19.2 Å². The zero-order valence-corrected chi connectivity index (χ0v) is 16.7. The molecule has 4 aromatic rings. The molecule has 0 spiro atoms. The first-order valence-corrected chi connectivity index (χ1v) is 9.40. The van der Waals surface area contributed by atoms with Gasteiger partial charge in [0, 0.05) is 34.8 Å². The largest absolute Gasteiger partial charge is 0.495 e. The molecule has 4 rings (SSSR count). The van der Waals surface area contributed by atoms with Crippen LogP contribution in [0.15, 0.2) is 47.1 Å². The van der Waals surface area contributed by atoms with Crippen molar-refractivity contribution in [2.45, 2.75) is 13.0 Å². The number of nitrogens with zero attached hydrogens (tertiary/aromatic N) is 3. The Morgan fingerprint density at radius 1 is 1.17 bits per heavy atom. The van der Waals surface area contributed by atoms with Gasteiger partial charge in [-0.05, 0) is 36.4 Å². The highest BCUT2D eigenvalue weighted by molar-refractivity contribution is 6.35. The molecule has 0 aliphatic carbocycles. The minimum atomic E-state index is -0.863. The number of carbonyl (C=O) groups is 1. The third kappa shape index (κ3) is 3.79. The Balaban J connectivity index is 1.66. The summed E-state index contributed by atoms with van der Waals surface area (Å²) in [6.07, 6.45) is 1.74. The Morgan fingerprint density at radius 2 is 1.97 bits per heavy atom. The molecule has 0 fully saturated rings. The number of carboxylic acid groups (broad SMARTS) is 1. The van der Waals surface area contributed by atoms with Crippen molar-refractivity contribution in [1.29, 1.82) is 0 Å². The molecule has 148 valence electrons. The Bertz CT molecular complexity index is 1220. The molecule has 0 unspecified atom stereocenters. The molecule has 2 heterocycles. The van der Waals surface area contributed by atoms with Gasteiger partial charge in [0.1, 0.15) is 5.75 Å². The van der Waals surface area contributed by atoms with E-state index < -0.39 is 5.97 Å². The smallest absolute Gasteiger partial charge is 0.305 e. The summed E-state index contributed by atoms with van der Waals surface area (Å²) in [5.41, 5.74) is 2.24. The zero-order chi connectivity index (χ0) is 20.5. The topological polar surface area (TPSA) is 90.4 Å². The molecule has 9 heteroatoms. The van der Waals surface area contributed by atoms with Gasteiger partial charge in [0.2, 0.25) is 5.82 Å². The summed E-state index contributed by atoms with van der Waals surface area (Å²) in [6, 6.07) is 10.8. The number of aryl methyl sites for hydroxylation is 1. The van der Waals surface area contributed by atoms with Gasteiger partial charge in [0.25, 0.3) is 5.89 Å². The number of ether oxygens (including phenoxy) is 1. The van der Waals surface area contributed by atoms with E-state index in [2.05, 4.69) is 10.1 Å². The van der Waals surface area contributed by atoms with Crippen LogP contribution in [0, 0.1) is 0 Å². The lowest BCUT2D eigenvalue weighted by molar-refractivity contribution is -0.137. The number of benzene rings is 2. The van der Waals surface area contributed by atoms with E-state index in [1.807, 2.05) is 22.8 Å². The van der Waals surface area contributed by atoms with Crippen molar-refractivity contribution in [1.82, 2.24) is 14.7 Å². The maximum atomic E-state index is 10.8. The standard InChI is InChI=1S/C20H15Cl2N3O4/c1-28-17-5-3-12(9-14(17)21)20-23-19(24-29-20)11-2-4-16-13(8-11)15(22)10-25(16)7-6-18(26)27/h2-5,8-10H,6-7H2,1H3,(H,26,27). The number of hydrogen-bond donors (Lipinski definition) is 1. The van der Waals surface area contributed by atoms with Crippen molar-refractivity contribution >= 4 is 40.1 Å². The van der Waals surface area contributed by atoms with E-state index in [-0.39, 0.29) is 6.42 Å². The molecule has 0 atom stereocenters. The summed E-state index contributed by atoms with van der Waals surface area (Å²) in [7, 11) is 1.54. The van der Waals surface area contributed by atoms with Crippen molar-refractivity contribution in [2.24, 2.45) is 0 Å². The molecule has 7 nitrogen and oxygen atoms in total. The van der Waals surface area contributed by atoms with Gasteiger partial charge >= 0.3 is 5.97 Å². The van der Waals surface area contributed by atoms with Crippen LogP contribution < -0.4 is 4.74 Å². The minimum Gasteiger partial charge on any atom is -0.495 e. The van der Waals surface area contributed by atoms with Gasteiger partial charge in [-0.15, -0.1) is 0 Å². The molecule has 0 radical (unpaired) electrons. The second-order valence-corrected chi connectivity index (χ2v) is 7.13. The van der Waals surface area contributed by atoms with E-state index in [0.29, 0.717) is 39.6 Å². The molecule has 0 amide bonds. The maximum Gasteiger partial charge on any atom is 0.305 e. The Morgan fingerprint density at radius 3 is 2.69 bits per heavy atom. The van der Waals surface area contributed by atoms with E-state index in [1.165, 1.54) is 0 Å². The first-order chi connectivity index (χ1) is 14.0. The summed E-state index contributed by atoms with van der Waals surface area (Å²) >= 11 is 12.5. The van der Waals surface area contributed by atoms with Gasteiger partial charge < -0.3 is 18.9 Å². The highest BCUT2D eigenvalue weighted by atomic mass is 35.5. The number of methoxy groups -OCH3 is 1. The predicted molar refractivity (Wildman–Crippen MR) is 109 cm³/mol. The lowest BCUT2D eigenvalue weighted by Crippen LogP contribution is -2.03. The van der Waals surface area contributed by atoms with Crippen LogP contribution in [-0.2, 0) is 11.3 Å². The van der Waals surface area contributed by atoms with Gasteiger partial charge in [-0.1, -0.05) is 28.4 Å². The predicted octanol–water partition coefficient (Wildman–Crippen LogP) is 5.15. The van der Waals surface area contributed by atoms with Crippen LogP contribution in [-0.4, -0.2) is 32.9 Å². The number of fused-ring (bicyclic) bond motifs is 1. The molecule has 0 bridgehead atoms. The number of carboxylic acids is 1. The molecule has 0 saturated carbocycles. The van der Waals surface area contributed by atoms with Crippen molar-refractivity contribution in [2.75, 3.05) is 7.11 Å². The summed E-state index contributed by atoms with van der Waals surface area (Å²) in [5.74, 6) is 0.429. The quantitative estimate of drug-likeness (QED) is 0.453. The van der Waals surface area contributed by atoms with E-state index in [0.717, 1.165) is 16.5 Å². The highest BCUT2D eigenvalue weighted by Gasteiger charge is 2.15. The van der Waals surface area contributed by atoms with Gasteiger partial charge in [-0.3, -0.25) is 4.79 Å². The number of aromatic nitrogens is 3. The molecular weight excluding hydrogens is 417 g/mol. The molecule has 0 aliphatic rings. The number of halogens is 2. The second-order valence-electron chi connectivity index (χ2n) is 6.32. The lowest BCUT2D eigenvalue weighted by Gasteiger charge is -2.03. The first kappa shape index (κ1) is 19.3. The van der Waals surface area contributed by atoms with Gasteiger partial charge in [-0.2, -0.15) is 4.98 Å². The van der Waals surface area contributed by atoms with Crippen molar-refractivity contribution in [3.8, 4) is 28.6 Å². The van der Waals surface area contributed by atoms with Crippen LogP contribution in [0.3, 0.4) is 0 Å². The van der Waals surface area contributed by atoms with Crippen LogP contribution in [0.5, 0.6) is 5.75 Å². The fourth-order valence-electron chi connectivity index (χ4n) is 3.05. The summed E-state index contributed by atoms with van der Waals surface area (Å²) in [5, 5.41) is 14.7. The summed E-state index contributed by atoms with van der Waals surface area (Å²) in [4.78, 5) is 15.3. The fraction of sp³-hybridized carbons (Fsp3) is 0.150.